The standard InChI is InChI=1S/C19H16N4O2/c1-3-22-16-11-7-5-9-14(16)17(19(22)25)21-23-12(2)20-15-10-6-4-8-13(15)18(23)24/h4-11H,3H2,1-2H3/b21-17+. The van der Waals surface area contributed by atoms with Gasteiger partial charge in [-0.25, -0.2) is 4.98 Å². The number of benzene rings is 2. The Bertz CT molecular complexity index is 1100. The zero-order valence-corrected chi connectivity index (χ0v) is 13.9. The van der Waals surface area contributed by atoms with Gasteiger partial charge >= 0.3 is 0 Å². The van der Waals surface area contributed by atoms with Gasteiger partial charge in [-0.05, 0) is 32.0 Å². The van der Waals surface area contributed by atoms with Crippen LogP contribution >= 0.6 is 0 Å². The Balaban J connectivity index is 1.97. The van der Waals surface area contributed by atoms with Gasteiger partial charge in [-0.15, -0.1) is 0 Å². The number of aryl methyl sites for hydroxylation is 1. The number of anilines is 1. The molecule has 1 aliphatic rings. The third-order valence-corrected chi connectivity index (χ3v) is 4.33. The molecule has 0 bridgehead atoms. The van der Waals surface area contributed by atoms with Crippen molar-refractivity contribution in [1.29, 1.82) is 0 Å². The van der Waals surface area contributed by atoms with Gasteiger partial charge in [0.2, 0.25) is 0 Å². The van der Waals surface area contributed by atoms with Gasteiger partial charge in [0.1, 0.15) is 5.82 Å². The summed E-state index contributed by atoms with van der Waals surface area (Å²) in [7, 11) is 0. The molecule has 1 aliphatic heterocycles. The van der Waals surface area contributed by atoms with Crippen LogP contribution < -0.4 is 10.5 Å². The first-order valence-electron chi connectivity index (χ1n) is 8.10. The van der Waals surface area contributed by atoms with Gasteiger partial charge < -0.3 is 4.90 Å². The lowest BCUT2D eigenvalue weighted by Crippen LogP contribution is -2.31. The van der Waals surface area contributed by atoms with Crippen molar-refractivity contribution in [2.75, 3.05) is 11.4 Å². The molecule has 0 N–H and O–H groups in total. The van der Waals surface area contributed by atoms with Crippen LogP contribution in [0.15, 0.2) is 58.4 Å². The molecule has 2 heterocycles. The van der Waals surface area contributed by atoms with Crippen LogP contribution in [0.4, 0.5) is 5.69 Å². The average Bonchev–Trinajstić information content (AvgIpc) is 2.89. The maximum atomic E-state index is 12.8. The number of likely N-dealkylation sites (N-methyl/N-ethyl adjacent to an activating group) is 1. The third-order valence-electron chi connectivity index (χ3n) is 4.33. The molecule has 6 nitrogen and oxygen atoms in total. The first-order valence-corrected chi connectivity index (χ1v) is 8.10. The van der Waals surface area contributed by atoms with Crippen LogP contribution in [-0.4, -0.2) is 27.8 Å². The Kier molecular flexibility index (Phi) is 3.46. The molecule has 2 aromatic carbocycles. The van der Waals surface area contributed by atoms with E-state index in [0.29, 0.717) is 23.3 Å². The molecule has 1 aromatic heterocycles. The molecule has 0 unspecified atom stereocenters. The van der Waals surface area contributed by atoms with E-state index in [0.717, 1.165) is 11.3 Å². The molecular formula is C19H16N4O2. The van der Waals surface area contributed by atoms with Crippen molar-refractivity contribution >= 4 is 28.2 Å². The molecule has 0 aliphatic carbocycles. The van der Waals surface area contributed by atoms with Gasteiger partial charge in [0, 0.05) is 12.1 Å². The maximum Gasteiger partial charge on any atom is 0.282 e. The second-order valence-electron chi connectivity index (χ2n) is 5.81. The lowest BCUT2D eigenvalue weighted by atomic mass is 10.1. The highest BCUT2D eigenvalue weighted by atomic mass is 16.2. The van der Waals surface area contributed by atoms with Gasteiger partial charge in [-0.3, -0.25) is 9.59 Å². The number of amides is 1. The van der Waals surface area contributed by atoms with E-state index in [-0.39, 0.29) is 17.2 Å². The average molecular weight is 332 g/mol. The predicted molar refractivity (Wildman–Crippen MR) is 97.1 cm³/mol. The van der Waals surface area contributed by atoms with E-state index in [4.69, 9.17) is 0 Å². The SMILES string of the molecule is CCN1C(=O)/C(=N/n2c(C)nc3ccccc3c2=O)c2ccccc21. The van der Waals surface area contributed by atoms with Gasteiger partial charge in [-0.1, -0.05) is 30.3 Å². The Morgan fingerprint density at radius 2 is 1.76 bits per heavy atom. The smallest absolute Gasteiger partial charge is 0.282 e. The van der Waals surface area contributed by atoms with E-state index in [1.807, 2.05) is 37.3 Å². The number of carbonyl (C=O) groups is 1. The predicted octanol–water partition coefficient (Wildman–Crippen LogP) is 2.32. The van der Waals surface area contributed by atoms with Crippen LogP contribution in [-0.2, 0) is 4.79 Å². The molecule has 4 rings (SSSR count). The van der Waals surface area contributed by atoms with Crippen molar-refractivity contribution < 1.29 is 4.79 Å². The number of fused-ring (bicyclic) bond motifs is 2. The van der Waals surface area contributed by atoms with Crippen molar-refractivity contribution in [2.45, 2.75) is 13.8 Å². The number of carbonyl (C=O) groups excluding carboxylic acids is 1. The van der Waals surface area contributed by atoms with E-state index in [2.05, 4.69) is 10.1 Å². The van der Waals surface area contributed by atoms with Crippen molar-refractivity contribution in [2.24, 2.45) is 5.10 Å². The summed E-state index contributed by atoms with van der Waals surface area (Å²) < 4.78 is 1.21. The lowest BCUT2D eigenvalue weighted by molar-refractivity contribution is -0.112. The Morgan fingerprint density at radius 3 is 2.56 bits per heavy atom. The molecule has 0 atom stereocenters. The summed E-state index contributed by atoms with van der Waals surface area (Å²) in [6.07, 6.45) is 0. The Hall–Kier alpha value is -3.28. The van der Waals surface area contributed by atoms with Crippen molar-refractivity contribution in [3.8, 4) is 0 Å². The number of nitrogens with zero attached hydrogens (tertiary/aromatic N) is 4. The summed E-state index contributed by atoms with van der Waals surface area (Å²) in [4.78, 5) is 31.6. The summed E-state index contributed by atoms with van der Waals surface area (Å²) in [5.74, 6) is 0.236. The van der Waals surface area contributed by atoms with Crippen LogP contribution in [0.3, 0.4) is 0 Å². The number of aromatic nitrogens is 2. The topological polar surface area (TPSA) is 67.6 Å². The summed E-state index contributed by atoms with van der Waals surface area (Å²) in [5.41, 5.74) is 2.15. The number of rotatable bonds is 2. The monoisotopic (exact) mass is 332 g/mol. The second-order valence-corrected chi connectivity index (χ2v) is 5.81. The molecule has 3 aromatic rings. The van der Waals surface area contributed by atoms with E-state index >= 15 is 0 Å². The minimum absolute atomic E-state index is 0.205. The van der Waals surface area contributed by atoms with Crippen LogP contribution in [0.2, 0.25) is 0 Å². The highest BCUT2D eigenvalue weighted by molar-refractivity contribution is 6.54. The van der Waals surface area contributed by atoms with Gasteiger partial charge in [0.05, 0.1) is 16.6 Å². The zero-order chi connectivity index (χ0) is 17.6. The van der Waals surface area contributed by atoms with Crippen molar-refractivity contribution in [3.63, 3.8) is 0 Å². The fourth-order valence-electron chi connectivity index (χ4n) is 3.12. The summed E-state index contributed by atoms with van der Waals surface area (Å²) in [6.45, 7) is 4.16. The van der Waals surface area contributed by atoms with Crippen molar-refractivity contribution in [1.82, 2.24) is 9.66 Å². The molecule has 124 valence electrons. The minimum atomic E-state index is -0.282. The fourth-order valence-corrected chi connectivity index (χ4v) is 3.12. The second kappa shape index (κ2) is 5.66. The quantitative estimate of drug-likeness (QED) is 0.723. The molecular weight excluding hydrogens is 316 g/mol. The normalized spacial score (nSPS) is 15.2. The van der Waals surface area contributed by atoms with Gasteiger partial charge in [0.25, 0.3) is 11.5 Å². The lowest BCUT2D eigenvalue weighted by Gasteiger charge is -2.13. The van der Waals surface area contributed by atoms with Gasteiger partial charge in [0.15, 0.2) is 5.71 Å². The molecule has 6 heteroatoms. The largest absolute Gasteiger partial charge is 0.307 e. The van der Waals surface area contributed by atoms with Crippen LogP contribution in [0.1, 0.15) is 18.3 Å². The molecule has 1 amide bonds. The molecule has 0 radical (unpaired) electrons. The van der Waals surface area contributed by atoms with E-state index in [1.165, 1.54) is 4.68 Å². The highest BCUT2D eigenvalue weighted by Crippen LogP contribution is 2.28. The maximum absolute atomic E-state index is 12.8. The van der Waals surface area contributed by atoms with Crippen molar-refractivity contribution in [3.05, 3.63) is 70.3 Å². The van der Waals surface area contributed by atoms with E-state index < -0.39 is 0 Å². The van der Waals surface area contributed by atoms with E-state index in [9.17, 15) is 9.59 Å². The zero-order valence-electron chi connectivity index (χ0n) is 13.9. The Morgan fingerprint density at radius 1 is 1.04 bits per heavy atom. The summed E-state index contributed by atoms with van der Waals surface area (Å²) >= 11 is 0. The number of hydrogen-bond acceptors (Lipinski definition) is 4. The third kappa shape index (κ3) is 2.26. The minimum Gasteiger partial charge on any atom is -0.307 e. The number of hydrogen-bond donors (Lipinski definition) is 0. The summed E-state index contributed by atoms with van der Waals surface area (Å²) in [5, 5.41) is 4.87. The first-order chi connectivity index (χ1) is 12.1. The van der Waals surface area contributed by atoms with Crippen LogP contribution in [0.5, 0.6) is 0 Å². The van der Waals surface area contributed by atoms with Crippen LogP contribution in [0.25, 0.3) is 10.9 Å². The molecule has 0 fully saturated rings. The first kappa shape index (κ1) is 15.3. The Labute approximate surface area is 144 Å². The van der Waals surface area contributed by atoms with Crippen LogP contribution in [0, 0.1) is 6.92 Å². The number of para-hydroxylation sites is 2. The molecule has 0 saturated carbocycles. The molecule has 25 heavy (non-hydrogen) atoms. The molecule has 0 spiro atoms. The fraction of sp³-hybridized carbons (Fsp3) is 0.158. The van der Waals surface area contributed by atoms with E-state index in [1.54, 1.807) is 30.0 Å². The summed E-state index contributed by atoms with van der Waals surface area (Å²) in [6, 6.07) is 14.6. The molecule has 0 saturated heterocycles. The van der Waals surface area contributed by atoms with Gasteiger partial charge in [-0.2, -0.15) is 9.78 Å². The highest BCUT2D eigenvalue weighted by Gasteiger charge is 2.33.